The molecule has 2 N–H and O–H groups in total. The molecule has 0 atom stereocenters. The molecule has 19 heavy (non-hydrogen) atoms. The molecule has 0 aliphatic rings. The van der Waals surface area contributed by atoms with Crippen molar-refractivity contribution in [2.75, 3.05) is 5.32 Å². The van der Waals surface area contributed by atoms with Gasteiger partial charge in [0.25, 0.3) is 5.91 Å². The van der Waals surface area contributed by atoms with E-state index in [1.54, 1.807) is 0 Å². The summed E-state index contributed by atoms with van der Waals surface area (Å²) < 4.78 is 13.0. The van der Waals surface area contributed by atoms with Gasteiger partial charge in [0.05, 0.1) is 16.8 Å². The van der Waals surface area contributed by atoms with E-state index in [1.165, 1.54) is 18.2 Å². The maximum absolute atomic E-state index is 13.0. The van der Waals surface area contributed by atoms with Gasteiger partial charge in [-0.25, -0.2) is 9.37 Å². The van der Waals surface area contributed by atoms with E-state index >= 15 is 0 Å². The second kappa shape index (κ2) is 5.42. The van der Waals surface area contributed by atoms with Crippen LogP contribution in [0.5, 0.6) is 5.75 Å². The number of pyridine rings is 1. The molecule has 0 unspecified atom stereocenters. The lowest BCUT2D eigenvalue weighted by atomic mass is 10.2. The standard InChI is InChI=1S/C12H7Cl2FN2O2/c13-9-4-7(1-2-10(9)18)17-12(19)8-3-6(15)5-16-11(8)14/h1-5,18H,(H,17,19). The Morgan fingerprint density at radius 2 is 2.05 bits per heavy atom. The Bertz CT molecular complexity index is 650. The zero-order valence-corrected chi connectivity index (χ0v) is 10.8. The van der Waals surface area contributed by atoms with Crippen LogP contribution in [0.25, 0.3) is 0 Å². The number of benzene rings is 1. The molecule has 1 amide bonds. The van der Waals surface area contributed by atoms with Crippen molar-refractivity contribution in [3.8, 4) is 5.75 Å². The van der Waals surface area contributed by atoms with E-state index in [9.17, 15) is 14.3 Å². The Kier molecular flexibility index (Phi) is 3.87. The number of carbonyl (C=O) groups excluding carboxylic acids is 1. The fraction of sp³-hybridized carbons (Fsp3) is 0. The highest BCUT2D eigenvalue weighted by molar-refractivity contribution is 6.33. The monoisotopic (exact) mass is 300 g/mol. The summed E-state index contributed by atoms with van der Waals surface area (Å²) in [5.41, 5.74) is 0.249. The van der Waals surface area contributed by atoms with Crippen molar-refractivity contribution in [2.45, 2.75) is 0 Å². The van der Waals surface area contributed by atoms with Crippen molar-refractivity contribution in [3.05, 3.63) is 52.0 Å². The molecule has 2 aromatic rings. The van der Waals surface area contributed by atoms with E-state index in [0.717, 1.165) is 12.3 Å². The van der Waals surface area contributed by atoms with Gasteiger partial charge >= 0.3 is 0 Å². The van der Waals surface area contributed by atoms with E-state index in [1.807, 2.05) is 0 Å². The third kappa shape index (κ3) is 3.13. The SMILES string of the molecule is O=C(Nc1ccc(O)c(Cl)c1)c1cc(F)cnc1Cl. The van der Waals surface area contributed by atoms with Crippen LogP contribution < -0.4 is 5.32 Å². The molecule has 0 saturated carbocycles. The van der Waals surface area contributed by atoms with E-state index in [0.29, 0.717) is 5.69 Å². The summed E-state index contributed by atoms with van der Waals surface area (Å²) in [5.74, 6) is -1.40. The highest BCUT2D eigenvalue weighted by Crippen LogP contribution is 2.26. The summed E-state index contributed by atoms with van der Waals surface area (Å²) >= 11 is 11.4. The predicted octanol–water partition coefficient (Wildman–Crippen LogP) is 3.49. The third-order valence-corrected chi connectivity index (χ3v) is 2.86. The van der Waals surface area contributed by atoms with Gasteiger partial charge in [-0.2, -0.15) is 0 Å². The van der Waals surface area contributed by atoms with Crippen molar-refractivity contribution < 1.29 is 14.3 Å². The van der Waals surface area contributed by atoms with Gasteiger partial charge in [-0.05, 0) is 24.3 Å². The molecule has 0 radical (unpaired) electrons. The van der Waals surface area contributed by atoms with Gasteiger partial charge in [-0.1, -0.05) is 23.2 Å². The van der Waals surface area contributed by atoms with Crippen molar-refractivity contribution in [1.82, 2.24) is 4.98 Å². The molecule has 0 fully saturated rings. The average Bonchev–Trinajstić information content (AvgIpc) is 2.36. The second-order valence-electron chi connectivity index (χ2n) is 3.61. The molecule has 1 aromatic heterocycles. The molecule has 0 bridgehead atoms. The first kappa shape index (κ1) is 13.6. The van der Waals surface area contributed by atoms with Gasteiger partial charge in [0.2, 0.25) is 0 Å². The van der Waals surface area contributed by atoms with E-state index in [-0.39, 0.29) is 21.5 Å². The van der Waals surface area contributed by atoms with Crippen molar-refractivity contribution >= 4 is 34.8 Å². The summed E-state index contributed by atoms with van der Waals surface area (Å²) in [7, 11) is 0. The number of nitrogens with one attached hydrogen (secondary N) is 1. The number of aromatic nitrogens is 1. The van der Waals surface area contributed by atoms with Crippen LogP contribution in [-0.2, 0) is 0 Å². The molecular formula is C12H7Cl2FN2O2. The van der Waals surface area contributed by atoms with Crippen LogP contribution in [0.1, 0.15) is 10.4 Å². The van der Waals surface area contributed by atoms with Crippen LogP contribution in [0.3, 0.4) is 0 Å². The number of rotatable bonds is 2. The Balaban J connectivity index is 2.25. The van der Waals surface area contributed by atoms with Gasteiger partial charge in [-0.15, -0.1) is 0 Å². The Labute approximate surface area is 117 Å². The highest BCUT2D eigenvalue weighted by Gasteiger charge is 2.13. The van der Waals surface area contributed by atoms with Crippen LogP contribution in [0.4, 0.5) is 10.1 Å². The van der Waals surface area contributed by atoms with E-state index in [2.05, 4.69) is 10.3 Å². The third-order valence-electron chi connectivity index (χ3n) is 2.26. The minimum atomic E-state index is -0.668. The van der Waals surface area contributed by atoms with Gasteiger partial charge in [-0.3, -0.25) is 4.79 Å². The van der Waals surface area contributed by atoms with Gasteiger partial charge in [0.1, 0.15) is 16.7 Å². The fourth-order valence-corrected chi connectivity index (χ4v) is 1.73. The van der Waals surface area contributed by atoms with Crippen LogP contribution >= 0.6 is 23.2 Å². The first-order valence-electron chi connectivity index (χ1n) is 5.08. The number of amides is 1. The predicted molar refractivity (Wildman–Crippen MR) is 70.3 cm³/mol. The van der Waals surface area contributed by atoms with Gasteiger partial charge in [0, 0.05) is 5.69 Å². The first-order chi connectivity index (χ1) is 8.97. The molecule has 98 valence electrons. The first-order valence-corrected chi connectivity index (χ1v) is 5.84. The molecule has 4 nitrogen and oxygen atoms in total. The molecule has 1 heterocycles. The Hall–Kier alpha value is -1.85. The molecule has 0 aliphatic carbocycles. The average molecular weight is 301 g/mol. The maximum Gasteiger partial charge on any atom is 0.258 e. The summed E-state index contributed by atoms with van der Waals surface area (Å²) in [6.45, 7) is 0. The minimum Gasteiger partial charge on any atom is -0.506 e. The van der Waals surface area contributed by atoms with Crippen LogP contribution in [0, 0.1) is 5.82 Å². The molecule has 0 spiro atoms. The number of hydrogen-bond donors (Lipinski definition) is 2. The molecule has 0 aliphatic heterocycles. The largest absolute Gasteiger partial charge is 0.506 e. The van der Waals surface area contributed by atoms with Crippen LogP contribution in [0.2, 0.25) is 10.2 Å². The maximum atomic E-state index is 13.0. The van der Waals surface area contributed by atoms with Crippen molar-refractivity contribution in [2.24, 2.45) is 0 Å². The highest BCUT2D eigenvalue weighted by atomic mass is 35.5. The Morgan fingerprint density at radius 3 is 2.74 bits per heavy atom. The number of phenolic OH excluding ortho intramolecular Hbond substituents is 1. The van der Waals surface area contributed by atoms with Gasteiger partial charge < -0.3 is 10.4 Å². The van der Waals surface area contributed by atoms with Crippen molar-refractivity contribution in [3.63, 3.8) is 0 Å². The van der Waals surface area contributed by atoms with Crippen LogP contribution in [-0.4, -0.2) is 16.0 Å². The number of halogens is 3. The summed E-state index contributed by atoms with van der Waals surface area (Å²) in [4.78, 5) is 15.4. The fourth-order valence-electron chi connectivity index (χ4n) is 1.36. The number of carbonyl (C=O) groups is 1. The lowest BCUT2D eigenvalue weighted by Gasteiger charge is -2.07. The quantitative estimate of drug-likeness (QED) is 0.659. The van der Waals surface area contributed by atoms with Gasteiger partial charge in [0.15, 0.2) is 0 Å². The number of aromatic hydroxyl groups is 1. The summed E-state index contributed by atoms with van der Waals surface area (Å²) in [6.07, 6.45) is 0.913. The van der Waals surface area contributed by atoms with Crippen molar-refractivity contribution in [1.29, 1.82) is 0 Å². The topological polar surface area (TPSA) is 62.2 Å². The lowest BCUT2D eigenvalue weighted by Crippen LogP contribution is -2.13. The lowest BCUT2D eigenvalue weighted by molar-refractivity contribution is 0.102. The number of anilines is 1. The van der Waals surface area contributed by atoms with E-state index < -0.39 is 11.7 Å². The van der Waals surface area contributed by atoms with Crippen LogP contribution in [0.15, 0.2) is 30.5 Å². The molecule has 1 aromatic carbocycles. The number of nitrogens with zero attached hydrogens (tertiary/aromatic N) is 1. The number of hydrogen-bond acceptors (Lipinski definition) is 3. The minimum absolute atomic E-state index is 0.0845. The smallest absolute Gasteiger partial charge is 0.258 e. The second-order valence-corrected chi connectivity index (χ2v) is 4.38. The molecule has 0 saturated heterocycles. The Morgan fingerprint density at radius 1 is 1.32 bits per heavy atom. The molecule has 2 rings (SSSR count). The summed E-state index contributed by atoms with van der Waals surface area (Å²) in [6, 6.07) is 5.10. The van der Waals surface area contributed by atoms with E-state index in [4.69, 9.17) is 23.2 Å². The zero-order chi connectivity index (χ0) is 14.0. The molecular weight excluding hydrogens is 294 g/mol. The summed E-state index contributed by atoms with van der Waals surface area (Å²) in [5, 5.41) is 11.7. The number of phenols is 1. The molecule has 7 heteroatoms. The normalized spacial score (nSPS) is 10.3. The zero-order valence-electron chi connectivity index (χ0n) is 9.32.